The van der Waals surface area contributed by atoms with Crippen LogP contribution < -0.4 is 5.32 Å². The number of oxazole rings is 1. The first-order valence-corrected chi connectivity index (χ1v) is 4.53. The molecule has 2 rings (SSSR count). The Morgan fingerprint density at radius 1 is 1.60 bits per heavy atom. The van der Waals surface area contributed by atoms with Crippen LogP contribution in [-0.2, 0) is 9.59 Å². The molecule has 0 aromatic carbocycles. The molecule has 2 atom stereocenters. The summed E-state index contributed by atoms with van der Waals surface area (Å²) in [7, 11) is 0. The van der Waals surface area contributed by atoms with Crippen molar-refractivity contribution in [2.75, 3.05) is 5.32 Å². The number of aliphatic carboxylic acids is 1. The molecular formula is C9H10N2O4. The van der Waals surface area contributed by atoms with Crippen LogP contribution in [0.5, 0.6) is 0 Å². The third kappa shape index (κ3) is 1.98. The van der Waals surface area contributed by atoms with Crippen molar-refractivity contribution in [2.45, 2.75) is 13.3 Å². The van der Waals surface area contributed by atoms with E-state index in [1.54, 1.807) is 6.92 Å². The minimum absolute atomic E-state index is 0.119. The van der Waals surface area contributed by atoms with Gasteiger partial charge in [-0.25, -0.2) is 0 Å². The largest absolute Gasteiger partial charge is 0.481 e. The molecule has 15 heavy (non-hydrogen) atoms. The second kappa shape index (κ2) is 3.38. The number of carboxylic acid groups (broad SMARTS) is 1. The van der Waals surface area contributed by atoms with Gasteiger partial charge in [-0.1, -0.05) is 0 Å². The number of nitrogens with zero attached hydrogens (tertiary/aromatic N) is 1. The van der Waals surface area contributed by atoms with E-state index in [4.69, 9.17) is 9.52 Å². The molecule has 1 fully saturated rings. The molecule has 1 saturated carbocycles. The number of anilines is 1. The Morgan fingerprint density at radius 3 is 2.80 bits per heavy atom. The highest BCUT2D eigenvalue weighted by molar-refractivity contribution is 5.96. The molecular weight excluding hydrogens is 200 g/mol. The van der Waals surface area contributed by atoms with Crippen LogP contribution in [0.3, 0.4) is 0 Å². The minimum atomic E-state index is -0.932. The number of aromatic nitrogens is 1. The normalized spacial score (nSPS) is 23.5. The molecule has 0 bridgehead atoms. The van der Waals surface area contributed by atoms with Crippen LogP contribution in [0.25, 0.3) is 0 Å². The van der Waals surface area contributed by atoms with Crippen LogP contribution in [0.2, 0.25) is 0 Å². The summed E-state index contributed by atoms with van der Waals surface area (Å²) in [6.07, 6.45) is 1.80. The van der Waals surface area contributed by atoms with Gasteiger partial charge in [0.1, 0.15) is 6.26 Å². The summed E-state index contributed by atoms with van der Waals surface area (Å²) in [4.78, 5) is 25.8. The Hall–Kier alpha value is -1.85. The van der Waals surface area contributed by atoms with Gasteiger partial charge >= 0.3 is 12.0 Å². The second-order valence-electron chi connectivity index (χ2n) is 3.57. The maximum absolute atomic E-state index is 11.4. The molecule has 1 aromatic heterocycles. The molecule has 0 spiro atoms. The Kier molecular flexibility index (Phi) is 2.18. The van der Waals surface area contributed by atoms with Gasteiger partial charge in [0.2, 0.25) is 5.91 Å². The standard InChI is InChI=1S/C9H10N2O4/c1-4-3-15-9(10-4)11-7(12)5-2-6(5)8(13)14/h3,5-6H,2H2,1H3,(H,13,14)(H,10,11,12)/t5-,6+/m1/s1. The Labute approximate surface area is 85.3 Å². The summed E-state index contributed by atoms with van der Waals surface area (Å²) in [5.74, 6) is -2.28. The van der Waals surface area contributed by atoms with Crippen LogP contribution in [0.4, 0.5) is 6.01 Å². The molecule has 0 unspecified atom stereocenters. The summed E-state index contributed by atoms with van der Waals surface area (Å²) >= 11 is 0. The van der Waals surface area contributed by atoms with Gasteiger partial charge in [-0.3, -0.25) is 14.9 Å². The van der Waals surface area contributed by atoms with E-state index in [0.29, 0.717) is 12.1 Å². The van der Waals surface area contributed by atoms with Gasteiger partial charge in [-0.2, -0.15) is 4.98 Å². The van der Waals surface area contributed by atoms with Gasteiger partial charge < -0.3 is 9.52 Å². The van der Waals surface area contributed by atoms with Crippen LogP contribution in [0, 0.1) is 18.8 Å². The number of hydrogen-bond donors (Lipinski definition) is 2. The maximum atomic E-state index is 11.4. The van der Waals surface area contributed by atoms with Crippen LogP contribution in [0.1, 0.15) is 12.1 Å². The first-order chi connectivity index (χ1) is 7.08. The van der Waals surface area contributed by atoms with E-state index >= 15 is 0 Å². The molecule has 6 nitrogen and oxygen atoms in total. The molecule has 2 N–H and O–H groups in total. The van der Waals surface area contributed by atoms with E-state index in [9.17, 15) is 9.59 Å². The number of aryl methyl sites for hydroxylation is 1. The van der Waals surface area contributed by atoms with Crippen molar-refractivity contribution in [3.05, 3.63) is 12.0 Å². The minimum Gasteiger partial charge on any atom is -0.481 e. The Balaban J connectivity index is 1.92. The first-order valence-electron chi connectivity index (χ1n) is 4.53. The van der Waals surface area contributed by atoms with Crippen LogP contribution in [-0.4, -0.2) is 22.0 Å². The third-order valence-electron chi connectivity index (χ3n) is 2.29. The van der Waals surface area contributed by atoms with Crippen molar-refractivity contribution >= 4 is 17.9 Å². The number of amides is 1. The number of carbonyl (C=O) groups excluding carboxylic acids is 1. The number of hydrogen-bond acceptors (Lipinski definition) is 4. The highest BCUT2D eigenvalue weighted by Crippen LogP contribution is 2.39. The SMILES string of the molecule is Cc1coc(NC(=O)[C@@H]2C[C@@H]2C(=O)O)n1. The molecule has 80 valence electrons. The summed E-state index contributed by atoms with van der Waals surface area (Å²) in [6.45, 7) is 1.73. The van der Waals surface area contributed by atoms with E-state index in [0.717, 1.165) is 0 Å². The summed E-state index contributed by atoms with van der Waals surface area (Å²) < 4.78 is 4.92. The number of nitrogens with one attached hydrogen (secondary N) is 1. The van der Waals surface area contributed by atoms with Gasteiger partial charge in [-0.15, -0.1) is 0 Å². The fourth-order valence-corrected chi connectivity index (χ4v) is 1.37. The van der Waals surface area contributed by atoms with Crippen molar-refractivity contribution in [2.24, 2.45) is 11.8 Å². The zero-order chi connectivity index (χ0) is 11.0. The highest BCUT2D eigenvalue weighted by Gasteiger charge is 2.48. The monoisotopic (exact) mass is 210 g/mol. The van der Waals surface area contributed by atoms with Crippen molar-refractivity contribution in [1.29, 1.82) is 0 Å². The van der Waals surface area contributed by atoms with E-state index in [2.05, 4.69) is 10.3 Å². The lowest BCUT2D eigenvalue weighted by molar-refractivity contribution is -0.139. The quantitative estimate of drug-likeness (QED) is 0.763. The molecule has 1 aliphatic rings. The fraction of sp³-hybridized carbons (Fsp3) is 0.444. The predicted molar refractivity (Wildman–Crippen MR) is 49.1 cm³/mol. The fourth-order valence-electron chi connectivity index (χ4n) is 1.37. The number of carboxylic acids is 1. The predicted octanol–water partition coefficient (Wildman–Crippen LogP) is 0.642. The molecule has 1 amide bonds. The molecule has 0 radical (unpaired) electrons. The molecule has 1 aliphatic carbocycles. The summed E-state index contributed by atoms with van der Waals surface area (Å²) in [5.41, 5.74) is 0.663. The summed E-state index contributed by atoms with van der Waals surface area (Å²) in [6, 6.07) is 0.119. The second-order valence-corrected chi connectivity index (χ2v) is 3.57. The maximum Gasteiger partial charge on any atom is 0.307 e. The first kappa shape index (κ1) is 9.70. The van der Waals surface area contributed by atoms with Gasteiger partial charge in [-0.05, 0) is 13.3 Å². The Bertz CT molecular complexity index is 412. The lowest BCUT2D eigenvalue weighted by Crippen LogP contribution is -2.16. The lowest BCUT2D eigenvalue weighted by atomic mass is 10.3. The smallest absolute Gasteiger partial charge is 0.307 e. The highest BCUT2D eigenvalue weighted by atomic mass is 16.4. The molecule has 1 heterocycles. The van der Waals surface area contributed by atoms with Crippen LogP contribution >= 0.6 is 0 Å². The molecule has 1 aromatic rings. The molecule has 6 heteroatoms. The van der Waals surface area contributed by atoms with E-state index < -0.39 is 17.8 Å². The van der Waals surface area contributed by atoms with Gasteiger partial charge in [0.25, 0.3) is 0 Å². The van der Waals surface area contributed by atoms with Gasteiger partial charge in [0.05, 0.1) is 17.5 Å². The van der Waals surface area contributed by atoms with Crippen LogP contribution in [0.15, 0.2) is 10.7 Å². The average Bonchev–Trinajstić information content (AvgIpc) is 2.86. The number of carbonyl (C=O) groups is 2. The number of rotatable bonds is 3. The van der Waals surface area contributed by atoms with Crippen molar-refractivity contribution < 1.29 is 19.1 Å². The zero-order valence-electron chi connectivity index (χ0n) is 8.06. The third-order valence-corrected chi connectivity index (χ3v) is 2.29. The molecule has 0 saturated heterocycles. The van der Waals surface area contributed by atoms with Gasteiger partial charge in [0.15, 0.2) is 0 Å². The summed E-state index contributed by atoms with van der Waals surface area (Å²) in [5, 5.41) is 11.1. The zero-order valence-corrected chi connectivity index (χ0v) is 8.06. The topological polar surface area (TPSA) is 92.4 Å². The van der Waals surface area contributed by atoms with Crippen molar-refractivity contribution in [1.82, 2.24) is 4.98 Å². The lowest BCUT2D eigenvalue weighted by Gasteiger charge is -1.97. The van der Waals surface area contributed by atoms with Gasteiger partial charge in [0, 0.05) is 0 Å². The van der Waals surface area contributed by atoms with E-state index in [1.165, 1.54) is 6.26 Å². The van der Waals surface area contributed by atoms with Crippen molar-refractivity contribution in [3.8, 4) is 0 Å². The van der Waals surface area contributed by atoms with E-state index in [1.807, 2.05) is 0 Å². The van der Waals surface area contributed by atoms with Crippen molar-refractivity contribution in [3.63, 3.8) is 0 Å². The average molecular weight is 210 g/mol. The Morgan fingerprint density at radius 2 is 2.33 bits per heavy atom. The van der Waals surface area contributed by atoms with E-state index in [-0.39, 0.29) is 11.9 Å². The molecule has 0 aliphatic heterocycles.